The van der Waals surface area contributed by atoms with Crippen LogP contribution in [0.5, 0.6) is 0 Å². The third-order valence-electron chi connectivity index (χ3n) is 4.69. The second kappa shape index (κ2) is 10.6. The quantitative estimate of drug-likeness (QED) is 0.288. The average molecular weight is 398 g/mol. The van der Waals surface area contributed by atoms with Crippen LogP contribution in [0.15, 0.2) is 47.7 Å². The van der Waals surface area contributed by atoms with Crippen LogP contribution in [0.1, 0.15) is 32.6 Å². The molecule has 8 nitrogen and oxygen atoms in total. The maximum Gasteiger partial charge on any atom is 0.303 e. The first-order valence-electron chi connectivity index (χ1n) is 9.77. The summed E-state index contributed by atoms with van der Waals surface area (Å²) >= 11 is 0. The number of hydrazone groups is 1. The number of ether oxygens (including phenoxy) is 2. The first-order chi connectivity index (χ1) is 14.1. The van der Waals surface area contributed by atoms with Gasteiger partial charge in [-0.1, -0.05) is 36.4 Å². The van der Waals surface area contributed by atoms with Gasteiger partial charge in [-0.15, -0.1) is 5.10 Å². The van der Waals surface area contributed by atoms with E-state index in [4.69, 9.17) is 14.6 Å². The molecule has 2 heterocycles. The number of unbranched alkanes of at least 4 members (excludes halogenated alkanes) is 1. The minimum atomic E-state index is -0.763. The van der Waals surface area contributed by atoms with E-state index < -0.39 is 5.97 Å². The number of nitrogens with one attached hydrogen (secondary N) is 1. The van der Waals surface area contributed by atoms with Crippen LogP contribution in [0.3, 0.4) is 0 Å². The third kappa shape index (κ3) is 6.33. The molecule has 0 radical (unpaired) electrons. The average Bonchev–Trinajstić information content (AvgIpc) is 2.72. The summed E-state index contributed by atoms with van der Waals surface area (Å²) in [5.74, 6) is -0.0402. The lowest BCUT2D eigenvalue weighted by Gasteiger charge is -2.32. The number of nitrogens with zero attached hydrogens (tertiary/aromatic N) is 3. The molecule has 1 aliphatic rings. The highest BCUT2D eigenvalue weighted by Gasteiger charge is 2.28. The van der Waals surface area contributed by atoms with Crippen molar-refractivity contribution in [1.82, 2.24) is 10.2 Å². The fraction of sp³-hybridized carbons (Fsp3) is 0.429. The molecule has 0 aliphatic carbocycles. The van der Waals surface area contributed by atoms with E-state index in [1.807, 2.05) is 37.3 Å². The Balaban J connectivity index is 1.57. The van der Waals surface area contributed by atoms with Gasteiger partial charge in [0.15, 0.2) is 12.1 Å². The summed E-state index contributed by atoms with van der Waals surface area (Å²) < 4.78 is 11.5. The Morgan fingerprint density at radius 1 is 1.38 bits per heavy atom. The molecule has 2 N–H and O–H groups in total. The summed E-state index contributed by atoms with van der Waals surface area (Å²) in [6.45, 7) is 2.44. The van der Waals surface area contributed by atoms with E-state index in [1.165, 1.54) is 0 Å². The van der Waals surface area contributed by atoms with Crippen LogP contribution >= 0.6 is 0 Å². The highest BCUT2D eigenvalue weighted by atomic mass is 16.7. The molecule has 29 heavy (non-hydrogen) atoms. The maximum atomic E-state index is 10.5. The Kier molecular flexibility index (Phi) is 7.66. The van der Waals surface area contributed by atoms with Gasteiger partial charge < -0.3 is 14.6 Å². The molecule has 1 fully saturated rings. The van der Waals surface area contributed by atoms with E-state index in [0.717, 1.165) is 23.6 Å². The van der Waals surface area contributed by atoms with E-state index in [2.05, 4.69) is 26.8 Å². The number of rotatable bonds is 9. The smallest absolute Gasteiger partial charge is 0.303 e. The van der Waals surface area contributed by atoms with Crippen molar-refractivity contribution in [2.75, 3.05) is 12.0 Å². The Morgan fingerprint density at radius 2 is 2.24 bits per heavy atom. The Bertz CT molecular complexity index is 865. The standard InChI is InChI=1S/C21H26N4O4/c1-15-28-14-17(9-4-2-3-5-11-20(26)27)19(29-15)13-23-25-21-18-10-7-6-8-16(18)12-22-24-21/h2,4,6-8,10,12-13,15,17,19H,3,5,9,11,14H2,1H3,(H,24,25)(H,26,27)/b4-2-,23-13+/t15-,17+,19+/m1/s1. The molecule has 3 atom stereocenters. The SMILES string of the molecule is C[C@@H]1OC[C@H](C/C=C\CCCC(=O)O)[C@H](/C=N/Nc2nncc3ccccc23)O1. The topological polar surface area (TPSA) is 106 Å². The van der Waals surface area contributed by atoms with Crippen molar-refractivity contribution in [2.24, 2.45) is 11.0 Å². The number of carboxylic acid groups (broad SMARTS) is 1. The van der Waals surface area contributed by atoms with Crippen molar-refractivity contribution in [3.8, 4) is 0 Å². The van der Waals surface area contributed by atoms with E-state index >= 15 is 0 Å². The fourth-order valence-corrected chi connectivity index (χ4v) is 3.13. The predicted molar refractivity (Wildman–Crippen MR) is 111 cm³/mol. The predicted octanol–water partition coefficient (Wildman–Crippen LogP) is 3.61. The number of anilines is 1. The van der Waals surface area contributed by atoms with Crippen molar-refractivity contribution in [3.05, 3.63) is 42.6 Å². The summed E-state index contributed by atoms with van der Waals surface area (Å²) in [4.78, 5) is 10.5. The van der Waals surface area contributed by atoms with Crippen molar-refractivity contribution in [3.63, 3.8) is 0 Å². The lowest BCUT2D eigenvalue weighted by atomic mass is 9.98. The van der Waals surface area contributed by atoms with Gasteiger partial charge in [-0.3, -0.25) is 10.2 Å². The number of benzene rings is 1. The van der Waals surface area contributed by atoms with Crippen LogP contribution in [0.2, 0.25) is 0 Å². The van der Waals surface area contributed by atoms with Gasteiger partial charge in [0.2, 0.25) is 0 Å². The van der Waals surface area contributed by atoms with Gasteiger partial charge in [-0.2, -0.15) is 10.2 Å². The Morgan fingerprint density at radius 3 is 3.10 bits per heavy atom. The number of hydrogen-bond acceptors (Lipinski definition) is 7. The van der Waals surface area contributed by atoms with Crippen LogP contribution in [-0.2, 0) is 14.3 Å². The van der Waals surface area contributed by atoms with Crippen LogP contribution in [0, 0.1) is 5.92 Å². The molecule has 0 saturated carbocycles. The van der Waals surface area contributed by atoms with Crippen molar-refractivity contribution >= 4 is 28.8 Å². The zero-order valence-corrected chi connectivity index (χ0v) is 16.4. The molecule has 1 saturated heterocycles. The Hall–Kier alpha value is -2.84. The van der Waals surface area contributed by atoms with Gasteiger partial charge in [-0.05, 0) is 26.2 Å². The first kappa shape index (κ1) is 20.9. The molecule has 0 unspecified atom stereocenters. The summed E-state index contributed by atoms with van der Waals surface area (Å²) in [5, 5.41) is 23.1. The van der Waals surface area contributed by atoms with Gasteiger partial charge >= 0.3 is 5.97 Å². The van der Waals surface area contributed by atoms with E-state index in [-0.39, 0.29) is 24.7 Å². The maximum absolute atomic E-state index is 10.5. The molecule has 0 amide bonds. The molecular weight excluding hydrogens is 372 g/mol. The number of aromatic nitrogens is 2. The minimum absolute atomic E-state index is 0.131. The number of carboxylic acids is 1. The molecule has 1 aromatic heterocycles. The highest BCUT2D eigenvalue weighted by Crippen LogP contribution is 2.22. The monoisotopic (exact) mass is 398 g/mol. The number of allylic oxidation sites excluding steroid dienone is 2. The summed E-state index contributed by atoms with van der Waals surface area (Å²) in [6.07, 6.45) is 9.38. The summed E-state index contributed by atoms with van der Waals surface area (Å²) in [7, 11) is 0. The minimum Gasteiger partial charge on any atom is -0.481 e. The first-order valence-corrected chi connectivity index (χ1v) is 9.77. The van der Waals surface area contributed by atoms with E-state index in [0.29, 0.717) is 18.8 Å². The van der Waals surface area contributed by atoms with Crippen molar-refractivity contribution in [2.45, 2.75) is 45.0 Å². The van der Waals surface area contributed by atoms with Gasteiger partial charge in [-0.25, -0.2) is 0 Å². The van der Waals surface area contributed by atoms with Gasteiger partial charge in [0, 0.05) is 23.1 Å². The zero-order valence-electron chi connectivity index (χ0n) is 16.4. The molecule has 0 bridgehead atoms. The normalized spacial score (nSPS) is 22.4. The molecular formula is C21H26N4O4. The summed E-state index contributed by atoms with van der Waals surface area (Å²) in [5.41, 5.74) is 2.97. The van der Waals surface area contributed by atoms with Gasteiger partial charge in [0.25, 0.3) is 0 Å². The van der Waals surface area contributed by atoms with Crippen LogP contribution in [-0.4, -0.2) is 46.5 Å². The van der Waals surface area contributed by atoms with Crippen molar-refractivity contribution < 1.29 is 19.4 Å². The van der Waals surface area contributed by atoms with Crippen LogP contribution in [0.4, 0.5) is 5.82 Å². The molecule has 1 aromatic carbocycles. The molecule has 0 spiro atoms. The lowest BCUT2D eigenvalue weighted by molar-refractivity contribution is -0.206. The largest absolute Gasteiger partial charge is 0.481 e. The molecule has 1 aliphatic heterocycles. The number of fused-ring (bicyclic) bond motifs is 1. The van der Waals surface area contributed by atoms with Crippen LogP contribution in [0.25, 0.3) is 10.8 Å². The van der Waals surface area contributed by atoms with Gasteiger partial charge in [0.1, 0.15) is 6.10 Å². The number of carbonyl (C=O) groups is 1. The molecule has 154 valence electrons. The highest BCUT2D eigenvalue weighted by molar-refractivity contribution is 5.90. The molecule has 2 aromatic rings. The lowest BCUT2D eigenvalue weighted by Crippen LogP contribution is -2.39. The van der Waals surface area contributed by atoms with E-state index in [9.17, 15) is 4.79 Å². The molecule has 8 heteroatoms. The van der Waals surface area contributed by atoms with E-state index in [1.54, 1.807) is 12.4 Å². The zero-order chi connectivity index (χ0) is 20.5. The van der Waals surface area contributed by atoms with Gasteiger partial charge in [0.05, 0.1) is 19.0 Å². The second-order valence-electron chi connectivity index (χ2n) is 6.93. The second-order valence-corrected chi connectivity index (χ2v) is 6.93. The number of hydrogen-bond donors (Lipinski definition) is 2. The Labute approximate surface area is 169 Å². The number of aliphatic carboxylic acids is 1. The fourth-order valence-electron chi connectivity index (χ4n) is 3.13. The third-order valence-corrected chi connectivity index (χ3v) is 4.69. The van der Waals surface area contributed by atoms with Crippen molar-refractivity contribution in [1.29, 1.82) is 0 Å². The van der Waals surface area contributed by atoms with Crippen LogP contribution < -0.4 is 5.43 Å². The summed E-state index contributed by atoms with van der Waals surface area (Å²) in [6, 6.07) is 7.84. The molecule has 3 rings (SSSR count).